The molecule has 1 N–H and O–H groups in total. The second-order valence-corrected chi connectivity index (χ2v) is 4.80. The van der Waals surface area contributed by atoms with Crippen molar-refractivity contribution in [3.8, 4) is 0 Å². The van der Waals surface area contributed by atoms with Gasteiger partial charge in [-0.25, -0.2) is 13.8 Å². The van der Waals surface area contributed by atoms with Gasteiger partial charge in [0.1, 0.15) is 6.20 Å². The normalized spacial score (nSPS) is 14.7. The summed E-state index contributed by atoms with van der Waals surface area (Å²) in [5.74, 6) is 0.441. The Kier molecular flexibility index (Phi) is 4.13. The molecule has 0 bridgehead atoms. The Bertz CT molecular complexity index is 417. The average molecular weight is 247 g/mol. The van der Waals surface area contributed by atoms with Crippen molar-refractivity contribution in [3.05, 3.63) is 22.1 Å². The van der Waals surface area contributed by atoms with Crippen molar-refractivity contribution in [2.45, 2.75) is 32.1 Å². The summed E-state index contributed by atoms with van der Waals surface area (Å²) >= 11 is -1.90. The first kappa shape index (κ1) is 12.8. The number of rotatable bonds is 5. The Labute approximate surface area is 94.9 Å². The Morgan fingerprint density at radius 2 is 2.38 bits per heavy atom. The van der Waals surface area contributed by atoms with Crippen molar-refractivity contribution in [1.29, 1.82) is 0 Å². The third-order valence-corrected chi connectivity index (χ3v) is 3.25. The maximum atomic E-state index is 10.7. The van der Waals surface area contributed by atoms with E-state index in [-0.39, 0.29) is 5.82 Å². The molecule has 16 heavy (non-hydrogen) atoms. The molecule has 0 aliphatic rings. The van der Waals surface area contributed by atoms with E-state index >= 15 is 0 Å². The van der Waals surface area contributed by atoms with Gasteiger partial charge in [-0.2, -0.15) is 0 Å². The number of imidazole rings is 1. The highest BCUT2D eigenvalue weighted by Crippen LogP contribution is 2.15. The Morgan fingerprint density at radius 3 is 2.88 bits per heavy atom. The topological polar surface area (TPSA) is 98.3 Å². The van der Waals surface area contributed by atoms with Gasteiger partial charge in [-0.15, -0.1) is 0 Å². The predicted molar refractivity (Wildman–Crippen MR) is 58.5 cm³/mol. The highest BCUT2D eigenvalue weighted by Gasteiger charge is 2.19. The lowest BCUT2D eigenvalue weighted by atomic mass is 10.3. The number of hydrogen-bond acceptors (Lipinski definition) is 4. The number of hydrogen-bond donors (Lipinski definition) is 1. The highest BCUT2D eigenvalue weighted by molar-refractivity contribution is 7.79. The molecule has 0 radical (unpaired) electrons. The molecule has 0 aliphatic heterocycles. The maximum Gasteiger partial charge on any atom is 0.342 e. The van der Waals surface area contributed by atoms with Crippen LogP contribution in [0.15, 0.2) is 6.20 Å². The molecule has 0 spiro atoms. The van der Waals surface area contributed by atoms with E-state index in [2.05, 4.69) is 4.98 Å². The molecule has 0 saturated carbocycles. The van der Waals surface area contributed by atoms with Gasteiger partial charge in [0.05, 0.1) is 11.8 Å². The van der Waals surface area contributed by atoms with Crippen LogP contribution in [-0.4, -0.2) is 28.5 Å². The van der Waals surface area contributed by atoms with Gasteiger partial charge >= 0.3 is 5.82 Å². The average Bonchev–Trinajstić information content (AvgIpc) is 2.56. The van der Waals surface area contributed by atoms with Crippen LogP contribution in [0.5, 0.6) is 0 Å². The number of nitrogens with zero attached hydrogens (tertiary/aromatic N) is 3. The summed E-state index contributed by atoms with van der Waals surface area (Å²) in [7, 11) is 0. The van der Waals surface area contributed by atoms with Gasteiger partial charge in [0, 0.05) is 13.3 Å². The van der Waals surface area contributed by atoms with Crippen LogP contribution in [0.25, 0.3) is 0 Å². The SMILES string of the molecule is Cc1ncc([N+](=O)[O-])n1CCC(C)S(=O)O. The number of aromatic nitrogens is 2. The first-order valence-corrected chi connectivity index (χ1v) is 5.86. The van der Waals surface area contributed by atoms with Crippen molar-refractivity contribution < 1.29 is 13.7 Å². The van der Waals surface area contributed by atoms with Crippen molar-refractivity contribution >= 4 is 16.9 Å². The third kappa shape index (κ3) is 2.86. The summed E-state index contributed by atoms with van der Waals surface area (Å²) in [6.07, 6.45) is 1.58. The first-order chi connectivity index (χ1) is 7.43. The zero-order chi connectivity index (χ0) is 12.3. The monoisotopic (exact) mass is 247 g/mol. The third-order valence-electron chi connectivity index (χ3n) is 2.32. The fraction of sp³-hybridized carbons (Fsp3) is 0.625. The van der Waals surface area contributed by atoms with Crippen molar-refractivity contribution in [2.75, 3.05) is 0 Å². The minimum absolute atomic E-state index is 0.0894. The minimum Gasteiger partial charge on any atom is -0.358 e. The molecular weight excluding hydrogens is 234 g/mol. The smallest absolute Gasteiger partial charge is 0.342 e. The van der Waals surface area contributed by atoms with E-state index < -0.39 is 21.3 Å². The van der Waals surface area contributed by atoms with Crippen LogP contribution in [0, 0.1) is 17.0 Å². The predicted octanol–water partition coefficient (Wildman–Crippen LogP) is 1.10. The van der Waals surface area contributed by atoms with Crippen molar-refractivity contribution in [2.24, 2.45) is 0 Å². The second-order valence-electron chi connectivity index (χ2n) is 3.45. The lowest BCUT2D eigenvalue weighted by Gasteiger charge is -2.06. The quantitative estimate of drug-likeness (QED) is 0.477. The summed E-state index contributed by atoms with van der Waals surface area (Å²) in [5.41, 5.74) is 0. The number of aryl methyl sites for hydroxylation is 1. The molecule has 0 aromatic carbocycles. The second kappa shape index (κ2) is 5.17. The summed E-state index contributed by atoms with van der Waals surface area (Å²) in [4.78, 5) is 14.0. The van der Waals surface area contributed by atoms with Crippen LogP contribution in [0.1, 0.15) is 19.2 Å². The lowest BCUT2D eigenvalue weighted by Crippen LogP contribution is -2.14. The maximum absolute atomic E-state index is 10.7. The summed E-state index contributed by atoms with van der Waals surface area (Å²) in [6, 6.07) is 0. The molecule has 2 atom stereocenters. The van der Waals surface area contributed by atoms with Crippen LogP contribution in [0.3, 0.4) is 0 Å². The van der Waals surface area contributed by atoms with E-state index in [0.29, 0.717) is 18.8 Å². The lowest BCUT2D eigenvalue weighted by molar-refractivity contribution is -0.392. The Balaban J connectivity index is 2.77. The molecule has 1 rings (SSSR count). The van der Waals surface area contributed by atoms with Gasteiger partial charge in [0.2, 0.25) is 0 Å². The first-order valence-electron chi connectivity index (χ1n) is 4.69. The van der Waals surface area contributed by atoms with Crippen LogP contribution in [0.4, 0.5) is 5.82 Å². The van der Waals surface area contributed by atoms with Crippen LogP contribution < -0.4 is 0 Å². The van der Waals surface area contributed by atoms with Gasteiger partial charge < -0.3 is 14.7 Å². The molecule has 8 heteroatoms. The largest absolute Gasteiger partial charge is 0.358 e. The molecule has 1 aromatic rings. The van der Waals surface area contributed by atoms with Crippen LogP contribution in [-0.2, 0) is 17.6 Å². The standard InChI is InChI=1S/C8H13N3O4S/c1-6(16(14)15)3-4-10-7(2)9-5-8(10)11(12)13/h5-6H,3-4H2,1-2H3,(H,14,15). The van der Waals surface area contributed by atoms with E-state index in [4.69, 9.17) is 4.55 Å². The molecule has 2 unspecified atom stereocenters. The molecule has 90 valence electrons. The summed E-state index contributed by atoms with van der Waals surface area (Å²) < 4.78 is 21.0. The van der Waals surface area contributed by atoms with E-state index in [0.717, 1.165) is 0 Å². The zero-order valence-electron chi connectivity index (χ0n) is 8.99. The molecular formula is C8H13N3O4S. The highest BCUT2D eigenvalue weighted by atomic mass is 32.2. The van der Waals surface area contributed by atoms with Crippen LogP contribution in [0.2, 0.25) is 0 Å². The summed E-state index contributed by atoms with van der Waals surface area (Å²) in [5, 5.41) is 10.2. The van der Waals surface area contributed by atoms with Crippen molar-refractivity contribution in [3.63, 3.8) is 0 Å². The van der Waals surface area contributed by atoms with E-state index in [9.17, 15) is 14.3 Å². The fourth-order valence-electron chi connectivity index (χ4n) is 1.29. The minimum atomic E-state index is -1.90. The van der Waals surface area contributed by atoms with Gasteiger partial charge in [-0.3, -0.25) is 0 Å². The summed E-state index contributed by atoms with van der Waals surface area (Å²) in [6.45, 7) is 3.59. The molecule has 0 amide bonds. The molecule has 0 fully saturated rings. The van der Waals surface area contributed by atoms with E-state index in [1.807, 2.05) is 0 Å². The van der Waals surface area contributed by atoms with Crippen LogP contribution >= 0.6 is 0 Å². The van der Waals surface area contributed by atoms with Gasteiger partial charge in [0.25, 0.3) is 0 Å². The molecule has 0 saturated heterocycles. The molecule has 0 aliphatic carbocycles. The molecule has 1 heterocycles. The van der Waals surface area contributed by atoms with E-state index in [1.54, 1.807) is 13.8 Å². The van der Waals surface area contributed by atoms with Gasteiger partial charge in [0.15, 0.2) is 16.9 Å². The Hall–Kier alpha value is -1.28. The van der Waals surface area contributed by atoms with Gasteiger partial charge in [-0.05, 0) is 11.8 Å². The van der Waals surface area contributed by atoms with Crippen molar-refractivity contribution in [1.82, 2.24) is 9.55 Å². The molecule has 7 nitrogen and oxygen atoms in total. The molecule has 1 aromatic heterocycles. The number of nitro groups is 1. The van der Waals surface area contributed by atoms with E-state index in [1.165, 1.54) is 10.8 Å². The van der Waals surface area contributed by atoms with Gasteiger partial charge in [-0.1, -0.05) is 0 Å². The fourth-order valence-corrected chi connectivity index (χ4v) is 1.60. The zero-order valence-corrected chi connectivity index (χ0v) is 9.81. The Morgan fingerprint density at radius 1 is 1.75 bits per heavy atom.